The standard InChI is InChI=1S/C17H16FN3O2/c18-15-4-3-13(11-19)14(10-15)12-20-5-7-21(8-6-20)17(22)16-2-1-9-23-16/h1-4,9-10H,5-8,12H2. The Bertz CT molecular complexity index is 729. The average molecular weight is 313 g/mol. The number of amides is 1. The van der Waals surface area contributed by atoms with E-state index in [1.54, 1.807) is 17.0 Å². The van der Waals surface area contributed by atoms with Crippen LogP contribution in [0.5, 0.6) is 0 Å². The lowest BCUT2D eigenvalue weighted by Gasteiger charge is -2.34. The van der Waals surface area contributed by atoms with Crippen molar-refractivity contribution in [3.63, 3.8) is 0 Å². The van der Waals surface area contributed by atoms with Crippen LogP contribution in [0.1, 0.15) is 21.7 Å². The van der Waals surface area contributed by atoms with Gasteiger partial charge in [-0.3, -0.25) is 9.69 Å². The predicted octanol–water partition coefficient (Wildman–Crippen LogP) is 2.25. The summed E-state index contributed by atoms with van der Waals surface area (Å²) in [5, 5.41) is 9.11. The van der Waals surface area contributed by atoms with Gasteiger partial charge in [-0.2, -0.15) is 5.26 Å². The van der Waals surface area contributed by atoms with Gasteiger partial charge < -0.3 is 9.32 Å². The SMILES string of the molecule is N#Cc1ccc(F)cc1CN1CCN(C(=O)c2ccco2)CC1. The second kappa shape index (κ2) is 6.63. The number of carbonyl (C=O) groups is 1. The molecule has 1 amide bonds. The van der Waals surface area contributed by atoms with Crippen LogP contribution in [0, 0.1) is 17.1 Å². The Hall–Kier alpha value is -2.65. The van der Waals surface area contributed by atoms with Crippen molar-refractivity contribution >= 4 is 5.91 Å². The zero-order valence-corrected chi connectivity index (χ0v) is 12.5. The minimum absolute atomic E-state index is 0.113. The first-order valence-electron chi connectivity index (χ1n) is 7.41. The molecule has 0 atom stereocenters. The van der Waals surface area contributed by atoms with E-state index in [-0.39, 0.29) is 11.7 Å². The first-order valence-corrected chi connectivity index (χ1v) is 7.41. The van der Waals surface area contributed by atoms with Crippen molar-refractivity contribution in [3.8, 4) is 6.07 Å². The molecule has 6 heteroatoms. The minimum atomic E-state index is -0.342. The third-order valence-corrected chi connectivity index (χ3v) is 3.97. The molecule has 5 nitrogen and oxygen atoms in total. The molecule has 0 aliphatic carbocycles. The highest BCUT2D eigenvalue weighted by Gasteiger charge is 2.24. The van der Waals surface area contributed by atoms with E-state index < -0.39 is 0 Å². The van der Waals surface area contributed by atoms with Crippen LogP contribution in [-0.4, -0.2) is 41.9 Å². The fraction of sp³-hybridized carbons (Fsp3) is 0.294. The third-order valence-electron chi connectivity index (χ3n) is 3.97. The maximum Gasteiger partial charge on any atom is 0.289 e. The van der Waals surface area contributed by atoms with E-state index in [4.69, 9.17) is 9.68 Å². The first-order chi connectivity index (χ1) is 11.2. The molecule has 1 fully saturated rings. The third kappa shape index (κ3) is 3.41. The molecule has 1 aliphatic heterocycles. The smallest absolute Gasteiger partial charge is 0.289 e. The Morgan fingerprint density at radius 1 is 1.26 bits per heavy atom. The van der Waals surface area contributed by atoms with Crippen LogP contribution in [0.3, 0.4) is 0 Å². The number of furan rings is 1. The van der Waals surface area contributed by atoms with E-state index in [0.29, 0.717) is 49.6 Å². The van der Waals surface area contributed by atoms with Crippen LogP contribution in [0.2, 0.25) is 0 Å². The monoisotopic (exact) mass is 313 g/mol. The van der Waals surface area contributed by atoms with Crippen molar-refractivity contribution in [2.45, 2.75) is 6.54 Å². The predicted molar refractivity (Wildman–Crippen MR) is 81.0 cm³/mol. The summed E-state index contributed by atoms with van der Waals surface area (Å²) < 4.78 is 18.5. The fourth-order valence-corrected chi connectivity index (χ4v) is 2.71. The van der Waals surface area contributed by atoms with Gasteiger partial charge in [-0.1, -0.05) is 0 Å². The van der Waals surface area contributed by atoms with Crippen molar-refractivity contribution in [1.82, 2.24) is 9.80 Å². The van der Waals surface area contributed by atoms with Gasteiger partial charge in [0.05, 0.1) is 17.9 Å². The van der Waals surface area contributed by atoms with Crippen LogP contribution in [0.15, 0.2) is 41.0 Å². The van der Waals surface area contributed by atoms with Gasteiger partial charge in [-0.05, 0) is 35.9 Å². The second-order valence-electron chi connectivity index (χ2n) is 5.46. The second-order valence-corrected chi connectivity index (χ2v) is 5.46. The molecule has 1 aliphatic rings. The topological polar surface area (TPSA) is 60.5 Å². The van der Waals surface area contributed by atoms with E-state index in [1.807, 2.05) is 0 Å². The van der Waals surface area contributed by atoms with Crippen LogP contribution in [0.4, 0.5) is 4.39 Å². The van der Waals surface area contributed by atoms with Gasteiger partial charge in [-0.25, -0.2) is 4.39 Å². The highest BCUT2D eigenvalue weighted by molar-refractivity contribution is 5.91. The van der Waals surface area contributed by atoms with E-state index in [0.717, 1.165) is 0 Å². The Kier molecular flexibility index (Phi) is 4.40. The Morgan fingerprint density at radius 2 is 2.04 bits per heavy atom. The molecular formula is C17H16FN3O2. The molecule has 0 unspecified atom stereocenters. The van der Waals surface area contributed by atoms with Crippen molar-refractivity contribution in [2.75, 3.05) is 26.2 Å². The molecule has 0 spiro atoms. The molecule has 23 heavy (non-hydrogen) atoms. The lowest BCUT2D eigenvalue weighted by Crippen LogP contribution is -2.48. The molecule has 0 saturated carbocycles. The summed E-state index contributed by atoms with van der Waals surface area (Å²) in [5.74, 6) is -0.112. The number of halogens is 1. The fourth-order valence-electron chi connectivity index (χ4n) is 2.71. The van der Waals surface area contributed by atoms with Gasteiger partial charge in [0.1, 0.15) is 5.82 Å². The number of hydrogen-bond acceptors (Lipinski definition) is 4. The number of benzene rings is 1. The summed E-state index contributed by atoms with van der Waals surface area (Å²) in [4.78, 5) is 16.0. The Morgan fingerprint density at radius 3 is 2.70 bits per heavy atom. The molecule has 1 aromatic carbocycles. The van der Waals surface area contributed by atoms with Gasteiger partial charge in [0.15, 0.2) is 5.76 Å². The lowest BCUT2D eigenvalue weighted by molar-refractivity contribution is 0.0597. The van der Waals surface area contributed by atoms with Gasteiger partial charge in [0, 0.05) is 32.7 Å². The summed E-state index contributed by atoms with van der Waals surface area (Å²) in [5.41, 5.74) is 1.17. The highest BCUT2D eigenvalue weighted by atomic mass is 19.1. The zero-order valence-electron chi connectivity index (χ0n) is 12.5. The molecule has 0 bridgehead atoms. The van der Waals surface area contributed by atoms with Gasteiger partial charge in [0.2, 0.25) is 0 Å². The summed E-state index contributed by atoms with van der Waals surface area (Å²) >= 11 is 0. The number of hydrogen-bond donors (Lipinski definition) is 0. The van der Waals surface area contributed by atoms with Gasteiger partial charge in [-0.15, -0.1) is 0 Å². The maximum absolute atomic E-state index is 13.4. The maximum atomic E-state index is 13.4. The molecule has 1 saturated heterocycles. The van der Waals surface area contributed by atoms with Crippen molar-refractivity contribution < 1.29 is 13.6 Å². The van der Waals surface area contributed by atoms with Gasteiger partial charge in [0.25, 0.3) is 5.91 Å². The van der Waals surface area contributed by atoms with E-state index in [9.17, 15) is 9.18 Å². The molecule has 3 rings (SSSR count). The molecule has 118 valence electrons. The van der Waals surface area contributed by atoms with Gasteiger partial charge >= 0.3 is 0 Å². The van der Waals surface area contributed by atoms with Crippen LogP contribution < -0.4 is 0 Å². The molecular weight excluding hydrogens is 297 g/mol. The lowest BCUT2D eigenvalue weighted by atomic mass is 10.1. The Balaban J connectivity index is 1.61. The molecule has 0 radical (unpaired) electrons. The number of nitriles is 1. The minimum Gasteiger partial charge on any atom is -0.459 e. The average Bonchev–Trinajstić information content (AvgIpc) is 3.10. The molecule has 2 heterocycles. The normalized spacial score (nSPS) is 15.4. The summed E-state index contributed by atoms with van der Waals surface area (Å²) in [7, 11) is 0. The number of nitrogens with zero attached hydrogens (tertiary/aromatic N) is 3. The molecule has 0 N–H and O–H groups in total. The van der Waals surface area contributed by atoms with Crippen molar-refractivity contribution in [2.24, 2.45) is 0 Å². The number of piperazine rings is 1. The Labute approximate surface area is 133 Å². The summed E-state index contributed by atoms with van der Waals surface area (Å²) in [6.45, 7) is 3.01. The molecule has 1 aromatic heterocycles. The van der Waals surface area contributed by atoms with Crippen LogP contribution in [0.25, 0.3) is 0 Å². The van der Waals surface area contributed by atoms with Crippen molar-refractivity contribution in [3.05, 3.63) is 59.3 Å². The number of carbonyl (C=O) groups excluding carboxylic acids is 1. The van der Waals surface area contributed by atoms with E-state index >= 15 is 0 Å². The molecule has 2 aromatic rings. The van der Waals surface area contributed by atoms with E-state index in [2.05, 4.69) is 11.0 Å². The highest BCUT2D eigenvalue weighted by Crippen LogP contribution is 2.16. The first kappa shape index (κ1) is 15.3. The quantitative estimate of drug-likeness (QED) is 0.872. The summed E-state index contributed by atoms with van der Waals surface area (Å²) in [6.07, 6.45) is 1.48. The largest absolute Gasteiger partial charge is 0.459 e. The van der Waals surface area contributed by atoms with Crippen molar-refractivity contribution in [1.29, 1.82) is 5.26 Å². The number of rotatable bonds is 3. The van der Waals surface area contributed by atoms with Crippen LogP contribution in [-0.2, 0) is 6.54 Å². The van der Waals surface area contributed by atoms with E-state index in [1.165, 1.54) is 24.5 Å². The summed E-state index contributed by atoms with van der Waals surface area (Å²) in [6, 6.07) is 9.63. The zero-order chi connectivity index (χ0) is 16.2. The van der Waals surface area contributed by atoms with Crippen LogP contribution >= 0.6 is 0 Å².